The zero-order valence-corrected chi connectivity index (χ0v) is 17.9. The fourth-order valence-electron chi connectivity index (χ4n) is 2.95. The highest BCUT2D eigenvalue weighted by Crippen LogP contribution is 2.39. The Morgan fingerprint density at radius 2 is 1.89 bits per heavy atom. The van der Waals surface area contributed by atoms with Crippen molar-refractivity contribution >= 4 is 5.96 Å². The molecule has 1 saturated carbocycles. The van der Waals surface area contributed by atoms with E-state index in [1.807, 2.05) is 19.2 Å². The third kappa shape index (κ3) is 6.48. The predicted molar refractivity (Wildman–Crippen MR) is 112 cm³/mol. The summed E-state index contributed by atoms with van der Waals surface area (Å²) in [5.41, 5.74) is 1.04. The van der Waals surface area contributed by atoms with Crippen LogP contribution >= 0.6 is 0 Å². The molecular weight excluding hydrogens is 358 g/mol. The Hall–Kier alpha value is -2.15. The third-order valence-electron chi connectivity index (χ3n) is 4.75. The van der Waals surface area contributed by atoms with Gasteiger partial charge in [-0.15, -0.1) is 0 Å². The summed E-state index contributed by atoms with van der Waals surface area (Å²) >= 11 is 0. The van der Waals surface area contributed by atoms with Gasteiger partial charge in [0.15, 0.2) is 17.5 Å². The number of hydrogen-bond donors (Lipinski definition) is 1. The van der Waals surface area contributed by atoms with E-state index in [4.69, 9.17) is 23.9 Å². The number of nitrogens with one attached hydrogen (secondary N) is 1. The van der Waals surface area contributed by atoms with Crippen molar-refractivity contribution in [2.24, 2.45) is 10.9 Å². The third-order valence-corrected chi connectivity index (χ3v) is 4.75. The van der Waals surface area contributed by atoms with Gasteiger partial charge in [-0.1, -0.05) is 6.07 Å². The number of ether oxygens (including phenoxy) is 4. The van der Waals surface area contributed by atoms with Crippen LogP contribution in [0.2, 0.25) is 0 Å². The van der Waals surface area contributed by atoms with Crippen LogP contribution in [0, 0.1) is 5.92 Å². The van der Waals surface area contributed by atoms with Gasteiger partial charge in [-0.2, -0.15) is 0 Å². The van der Waals surface area contributed by atoms with Crippen LogP contribution in [0.5, 0.6) is 17.2 Å². The molecule has 1 aromatic carbocycles. The lowest BCUT2D eigenvalue weighted by atomic mass is 10.1. The van der Waals surface area contributed by atoms with E-state index in [2.05, 4.69) is 17.1 Å². The van der Waals surface area contributed by atoms with Gasteiger partial charge >= 0.3 is 0 Å². The summed E-state index contributed by atoms with van der Waals surface area (Å²) in [5, 5.41) is 3.34. The number of nitrogens with zero attached hydrogens (tertiary/aromatic N) is 2. The van der Waals surface area contributed by atoms with E-state index in [1.54, 1.807) is 21.3 Å². The Morgan fingerprint density at radius 3 is 2.50 bits per heavy atom. The van der Waals surface area contributed by atoms with Crippen LogP contribution in [0.1, 0.15) is 25.3 Å². The van der Waals surface area contributed by atoms with Crippen LogP contribution in [-0.4, -0.2) is 72.1 Å². The molecule has 0 amide bonds. The average Bonchev–Trinajstić information content (AvgIpc) is 3.54. The molecule has 7 heteroatoms. The number of likely N-dealkylation sites (N-methyl/N-ethyl adjacent to an activating group) is 1. The predicted octanol–water partition coefficient (Wildman–Crippen LogP) is 2.58. The van der Waals surface area contributed by atoms with Crippen LogP contribution in [0.4, 0.5) is 0 Å². The van der Waals surface area contributed by atoms with Crippen molar-refractivity contribution in [1.29, 1.82) is 0 Å². The standard InChI is InChI=1S/C21H35N3O4/c1-6-22-21(24(2)13-14-28-15-16-7-8-16)23-12-11-17-9-10-18(25-3)20(27-5)19(17)26-4/h9-10,16H,6-8,11-15H2,1-5H3,(H,22,23). The molecule has 1 aromatic rings. The summed E-state index contributed by atoms with van der Waals surface area (Å²) in [6, 6.07) is 3.90. The Bertz CT molecular complexity index is 632. The largest absolute Gasteiger partial charge is 0.493 e. The fraction of sp³-hybridized carbons (Fsp3) is 0.667. The number of methoxy groups -OCH3 is 3. The molecule has 0 atom stereocenters. The second kappa shape index (κ2) is 11.6. The van der Waals surface area contributed by atoms with Crippen LogP contribution in [0.15, 0.2) is 17.1 Å². The summed E-state index contributed by atoms with van der Waals surface area (Å²) in [6.45, 7) is 5.97. The van der Waals surface area contributed by atoms with E-state index in [-0.39, 0.29) is 0 Å². The molecular formula is C21H35N3O4. The Labute approximate surface area is 169 Å². The topological polar surface area (TPSA) is 64.6 Å². The van der Waals surface area contributed by atoms with E-state index in [9.17, 15) is 0 Å². The van der Waals surface area contributed by atoms with Gasteiger partial charge in [-0.3, -0.25) is 4.99 Å². The molecule has 0 aromatic heterocycles. The van der Waals surface area contributed by atoms with Crippen LogP contribution < -0.4 is 19.5 Å². The molecule has 0 radical (unpaired) electrons. The zero-order valence-electron chi connectivity index (χ0n) is 17.9. The van der Waals surface area contributed by atoms with E-state index in [1.165, 1.54) is 12.8 Å². The lowest BCUT2D eigenvalue weighted by Gasteiger charge is -2.22. The summed E-state index contributed by atoms with van der Waals surface area (Å²) in [6.07, 6.45) is 3.38. The van der Waals surface area contributed by atoms with Gasteiger partial charge in [-0.25, -0.2) is 0 Å². The minimum absolute atomic E-state index is 0.614. The van der Waals surface area contributed by atoms with Gasteiger partial charge in [0, 0.05) is 38.9 Å². The van der Waals surface area contributed by atoms with Crippen molar-refractivity contribution in [3.05, 3.63) is 17.7 Å². The Balaban J connectivity index is 1.94. The highest BCUT2D eigenvalue weighted by Gasteiger charge is 2.21. The van der Waals surface area contributed by atoms with E-state index < -0.39 is 0 Å². The monoisotopic (exact) mass is 393 g/mol. The molecule has 1 aliphatic carbocycles. The molecule has 158 valence electrons. The van der Waals surface area contributed by atoms with Gasteiger partial charge < -0.3 is 29.2 Å². The smallest absolute Gasteiger partial charge is 0.203 e. The molecule has 0 unspecified atom stereocenters. The Morgan fingerprint density at radius 1 is 1.14 bits per heavy atom. The van der Waals surface area contributed by atoms with Crippen molar-refractivity contribution in [1.82, 2.24) is 10.2 Å². The lowest BCUT2D eigenvalue weighted by Crippen LogP contribution is -2.40. The van der Waals surface area contributed by atoms with Crippen molar-refractivity contribution in [3.63, 3.8) is 0 Å². The normalized spacial score (nSPS) is 14.0. The van der Waals surface area contributed by atoms with Crippen LogP contribution in [0.3, 0.4) is 0 Å². The molecule has 2 rings (SSSR count). The number of benzene rings is 1. The lowest BCUT2D eigenvalue weighted by molar-refractivity contribution is 0.115. The summed E-state index contributed by atoms with van der Waals surface area (Å²) in [7, 11) is 6.92. The highest BCUT2D eigenvalue weighted by atomic mass is 16.5. The second-order valence-corrected chi connectivity index (χ2v) is 6.92. The second-order valence-electron chi connectivity index (χ2n) is 6.92. The summed E-state index contributed by atoms with van der Waals surface area (Å²) in [4.78, 5) is 6.87. The first kappa shape index (κ1) is 22.1. The molecule has 7 nitrogen and oxygen atoms in total. The zero-order chi connectivity index (χ0) is 20.4. The molecule has 0 bridgehead atoms. The molecule has 28 heavy (non-hydrogen) atoms. The maximum atomic E-state index is 5.74. The van der Waals surface area contributed by atoms with Gasteiger partial charge in [0.2, 0.25) is 5.75 Å². The Kier molecular flexibility index (Phi) is 9.20. The minimum Gasteiger partial charge on any atom is -0.493 e. The number of aliphatic imine (C=N–C) groups is 1. The molecule has 1 N–H and O–H groups in total. The van der Waals surface area contributed by atoms with Crippen molar-refractivity contribution in [2.75, 3.05) is 61.2 Å². The van der Waals surface area contributed by atoms with Crippen molar-refractivity contribution in [2.45, 2.75) is 26.2 Å². The van der Waals surface area contributed by atoms with Gasteiger partial charge in [0.05, 0.1) is 27.9 Å². The molecule has 1 fully saturated rings. The molecule has 0 saturated heterocycles. The minimum atomic E-state index is 0.614. The first-order valence-corrected chi connectivity index (χ1v) is 9.99. The first-order valence-electron chi connectivity index (χ1n) is 9.99. The molecule has 0 aliphatic heterocycles. The van der Waals surface area contributed by atoms with E-state index in [0.717, 1.165) is 50.2 Å². The van der Waals surface area contributed by atoms with Gasteiger partial charge in [0.25, 0.3) is 0 Å². The van der Waals surface area contributed by atoms with Gasteiger partial charge in [0.1, 0.15) is 0 Å². The van der Waals surface area contributed by atoms with Crippen LogP contribution in [-0.2, 0) is 11.2 Å². The SMILES string of the molecule is CCNC(=NCCc1ccc(OC)c(OC)c1OC)N(C)CCOCC1CC1. The van der Waals surface area contributed by atoms with Gasteiger partial charge in [-0.05, 0) is 38.2 Å². The quantitative estimate of drug-likeness (QED) is 0.335. The van der Waals surface area contributed by atoms with Crippen LogP contribution in [0.25, 0.3) is 0 Å². The number of guanidine groups is 1. The van der Waals surface area contributed by atoms with E-state index in [0.29, 0.717) is 23.8 Å². The number of rotatable bonds is 12. The molecule has 0 heterocycles. The molecule has 0 spiro atoms. The number of hydrogen-bond acceptors (Lipinski definition) is 5. The summed E-state index contributed by atoms with van der Waals surface area (Å²) < 4.78 is 22.1. The van der Waals surface area contributed by atoms with Crippen molar-refractivity contribution in [3.8, 4) is 17.2 Å². The molecule has 1 aliphatic rings. The summed E-state index contributed by atoms with van der Waals surface area (Å²) in [5.74, 6) is 3.65. The highest BCUT2D eigenvalue weighted by molar-refractivity contribution is 5.79. The van der Waals surface area contributed by atoms with Crippen molar-refractivity contribution < 1.29 is 18.9 Å². The fourth-order valence-corrected chi connectivity index (χ4v) is 2.95. The first-order chi connectivity index (χ1) is 13.6. The maximum Gasteiger partial charge on any atom is 0.203 e. The van der Waals surface area contributed by atoms with E-state index >= 15 is 0 Å². The maximum absolute atomic E-state index is 5.74. The average molecular weight is 394 g/mol.